The molecule has 0 unspecified atom stereocenters. The van der Waals surface area contributed by atoms with Gasteiger partial charge in [-0.25, -0.2) is 0 Å². The zero-order chi connectivity index (χ0) is 5.70. The van der Waals surface area contributed by atoms with Crippen molar-refractivity contribution >= 4 is 4.73 Å². The van der Waals surface area contributed by atoms with Crippen LogP contribution in [0.4, 0.5) is 0 Å². The SMILES string of the molecule is CCC([CH]=[V+2])CC. The van der Waals surface area contributed by atoms with Crippen molar-refractivity contribution in [3.8, 4) is 0 Å². The minimum atomic E-state index is 0.833. The van der Waals surface area contributed by atoms with Gasteiger partial charge >= 0.3 is 54.3 Å². The molecule has 0 saturated heterocycles. The summed E-state index contributed by atoms with van der Waals surface area (Å²) in [6.45, 7) is 4.44. The predicted octanol–water partition coefficient (Wildman–Crippen LogP) is 1.77. The Bertz CT molecular complexity index is 46.1. The Morgan fingerprint density at radius 1 is 1.43 bits per heavy atom. The van der Waals surface area contributed by atoms with E-state index in [0.717, 1.165) is 5.92 Å². The predicted molar refractivity (Wildman–Crippen MR) is 30.1 cm³/mol. The molecule has 0 aliphatic rings. The fraction of sp³-hybridized carbons (Fsp3) is 0.833. The quantitative estimate of drug-likeness (QED) is 0.553. The van der Waals surface area contributed by atoms with Crippen LogP contribution >= 0.6 is 0 Å². The van der Waals surface area contributed by atoms with Crippen molar-refractivity contribution in [1.29, 1.82) is 0 Å². The number of hydrogen-bond donors (Lipinski definition) is 0. The van der Waals surface area contributed by atoms with Gasteiger partial charge in [0.05, 0.1) is 0 Å². The van der Waals surface area contributed by atoms with E-state index in [9.17, 15) is 0 Å². The third-order valence-corrected chi connectivity index (χ3v) is 1.92. The zero-order valence-electron chi connectivity index (χ0n) is 5.02. The Balaban J connectivity index is 3.16. The van der Waals surface area contributed by atoms with Gasteiger partial charge in [0, 0.05) is 0 Å². The monoisotopic (exact) mass is 135 g/mol. The van der Waals surface area contributed by atoms with E-state index in [1.54, 1.807) is 0 Å². The van der Waals surface area contributed by atoms with Gasteiger partial charge in [0.2, 0.25) is 0 Å². The van der Waals surface area contributed by atoms with Crippen LogP contribution in [0.25, 0.3) is 0 Å². The molecular weight excluding hydrogens is 123 g/mol. The Morgan fingerprint density at radius 3 is 1.86 bits per heavy atom. The van der Waals surface area contributed by atoms with E-state index in [1.807, 2.05) is 0 Å². The molecule has 0 saturated carbocycles. The molecule has 7 heavy (non-hydrogen) atoms. The van der Waals surface area contributed by atoms with Gasteiger partial charge in [0.15, 0.2) is 0 Å². The maximum absolute atomic E-state index is 2.53. The number of hydrogen-bond acceptors (Lipinski definition) is 0. The van der Waals surface area contributed by atoms with E-state index >= 15 is 0 Å². The first-order chi connectivity index (χ1) is 3.35. The fourth-order valence-electron chi connectivity index (χ4n) is 0.499. The van der Waals surface area contributed by atoms with Crippen LogP contribution in [0.3, 0.4) is 0 Å². The van der Waals surface area contributed by atoms with Crippen molar-refractivity contribution in [2.45, 2.75) is 26.7 Å². The topological polar surface area (TPSA) is 0 Å². The van der Waals surface area contributed by atoms with E-state index in [4.69, 9.17) is 0 Å². The molecular formula is C6H12V+2. The van der Waals surface area contributed by atoms with Crippen LogP contribution in [0.15, 0.2) is 0 Å². The molecule has 0 bridgehead atoms. The van der Waals surface area contributed by atoms with Crippen molar-refractivity contribution in [1.82, 2.24) is 0 Å². The Labute approximate surface area is 54.8 Å². The van der Waals surface area contributed by atoms with Crippen molar-refractivity contribution in [2.75, 3.05) is 0 Å². The van der Waals surface area contributed by atoms with Gasteiger partial charge in [-0.2, -0.15) is 0 Å². The Hall–Kier alpha value is 0.454. The first-order valence-electron chi connectivity index (χ1n) is 2.82. The normalized spacial score (nSPS) is 9.86. The van der Waals surface area contributed by atoms with Crippen LogP contribution in [0.5, 0.6) is 0 Å². The molecule has 0 aromatic rings. The average Bonchev–Trinajstić information content (AvgIpc) is 1.72. The van der Waals surface area contributed by atoms with Crippen LogP contribution < -0.4 is 0 Å². The summed E-state index contributed by atoms with van der Waals surface area (Å²) in [4.78, 5) is 0. The number of rotatable bonds is 3. The summed E-state index contributed by atoms with van der Waals surface area (Å²) in [6, 6.07) is 0. The van der Waals surface area contributed by atoms with Gasteiger partial charge in [-0.1, -0.05) is 0 Å². The molecule has 0 fully saturated rings. The molecule has 0 aliphatic carbocycles. The second-order valence-corrected chi connectivity index (χ2v) is 2.19. The van der Waals surface area contributed by atoms with Gasteiger partial charge in [0.1, 0.15) is 0 Å². The summed E-state index contributed by atoms with van der Waals surface area (Å²) < 4.78 is 2.22. The molecule has 1 heteroatoms. The van der Waals surface area contributed by atoms with E-state index < -0.39 is 0 Å². The second-order valence-electron chi connectivity index (χ2n) is 1.73. The summed E-state index contributed by atoms with van der Waals surface area (Å²) >= 11 is 2.53. The summed E-state index contributed by atoms with van der Waals surface area (Å²) in [5.74, 6) is 0.833. The van der Waals surface area contributed by atoms with Crippen LogP contribution in [0.2, 0.25) is 0 Å². The zero-order valence-corrected chi connectivity index (χ0v) is 6.41. The van der Waals surface area contributed by atoms with Crippen LogP contribution in [0, 0.1) is 5.92 Å². The van der Waals surface area contributed by atoms with Gasteiger partial charge in [0.25, 0.3) is 0 Å². The van der Waals surface area contributed by atoms with E-state index in [0.29, 0.717) is 0 Å². The van der Waals surface area contributed by atoms with Crippen molar-refractivity contribution in [3.63, 3.8) is 0 Å². The molecule has 0 amide bonds. The van der Waals surface area contributed by atoms with Crippen LogP contribution in [0.1, 0.15) is 26.7 Å². The van der Waals surface area contributed by atoms with Gasteiger partial charge in [-0.05, 0) is 0 Å². The molecule has 0 N–H and O–H groups in total. The molecule has 0 atom stereocenters. The maximum atomic E-state index is 2.53. The molecule has 0 aliphatic heterocycles. The summed E-state index contributed by atoms with van der Waals surface area (Å²) in [7, 11) is 0. The first kappa shape index (κ1) is 7.45. The van der Waals surface area contributed by atoms with Crippen molar-refractivity contribution in [3.05, 3.63) is 0 Å². The third kappa shape index (κ3) is 3.07. The van der Waals surface area contributed by atoms with Gasteiger partial charge < -0.3 is 0 Å². The molecule has 0 spiro atoms. The van der Waals surface area contributed by atoms with Gasteiger partial charge in [-0.3, -0.25) is 0 Å². The van der Waals surface area contributed by atoms with E-state index in [-0.39, 0.29) is 0 Å². The summed E-state index contributed by atoms with van der Waals surface area (Å²) in [6.07, 6.45) is 2.57. The standard InChI is InChI=1S/C6H12.V/c1-4-6(3)5-2;/h3,6H,4-5H2,1-2H3;/q;+2. The Morgan fingerprint density at radius 2 is 1.86 bits per heavy atom. The third-order valence-electron chi connectivity index (χ3n) is 1.26. The van der Waals surface area contributed by atoms with Crippen LogP contribution in [-0.2, 0) is 17.0 Å². The molecule has 0 aromatic heterocycles. The molecule has 0 rings (SSSR count). The van der Waals surface area contributed by atoms with Crippen LogP contribution in [-0.4, -0.2) is 4.73 Å². The van der Waals surface area contributed by atoms with Crippen molar-refractivity contribution in [2.24, 2.45) is 5.92 Å². The van der Waals surface area contributed by atoms with E-state index in [2.05, 4.69) is 35.6 Å². The molecule has 39 valence electrons. The molecule has 0 aromatic carbocycles. The summed E-state index contributed by atoms with van der Waals surface area (Å²) in [5, 5.41) is 0. The average molecular weight is 135 g/mol. The molecule has 0 nitrogen and oxygen atoms in total. The fourth-order valence-corrected chi connectivity index (χ4v) is 1.16. The first-order valence-corrected chi connectivity index (χ1v) is 3.63. The van der Waals surface area contributed by atoms with E-state index in [1.165, 1.54) is 12.8 Å². The van der Waals surface area contributed by atoms with Gasteiger partial charge in [-0.15, -0.1) is 0 Å². The summed E-state index contributed by atoms with van der Waals surface area (Å²) in [5.41, 5.74) is 0. The van der Waals surface area contributed by atoms with Crippen molar-refractivity contribution < 1.29 is 17.0 Å². The minimum absolute atomic E-state index is 0.833. The molecule has 0 radical (unpaired) electrons. The Kier molecular flexibility index (Phi) is 4.91. The second kappa shape index (κ2) is 4.61. The molecule has 0 heterocycles.